The van der Waals surface area contributed by atoms with Crippen molar-refractivity contribution in [3.8, 4) is 5.69 Å². The highest BCUT2D eigenvalue weighted by atomic mass is 19.1. The predicted octanol–water partition coefficient (Wildman–Crippen LogP) is 3.82. The maximum Gasteiger partial charge on any atom is 0.257 e. The van der Waals surface area contributed by atoms with Gasteiger partial charge in [-0.3, -0.25) is 4.79 Å². The van der Waals surface area contributed by atoms with Crippen LogP contribution < -0.4 is 0 Å². The molecule has 2 aromatic rings. The minimum Gasteiger partial charge on any atom is -0.339 e. The van der Waals surface area contributed by atoms with Crippen molar-refractivity contribution in [3.05, 3.63) is 47.0 Å². The Labute approximate surface area is 141 Å². The number of benzene rings is 1. The Morgan fingerprint density at radius 1 is 1.21 bits per heavy atom. The molecular weight excluding hydrogens is 305 g/mol. The number of rotatable bonds is 3. The van der Waals surface area contributed by atoms with Gasteiger partial charge in [0.15, 0.2) is 0 Å². The molecule has 1 aromatic carbocycles. The van der Waals surface area contributed by atoms with Gasteiger partial charge in [0.2, 0.25) is 0 Å². The van der Waals surface area contributed by atoms with E-state index in [1.807, 2.05) is 17.9 Å². The first-order valence-corrected chi connectivity index (χ1v) is 8.80. The fourth-order valence-corrected chi connectivity index (χ4v) is 3.55. The average Bonchev–Trinajstić information content (AvgIpc) is 3.38. The van der Waals surface area contributed by atoms with E-state index in [4.69, 9.17) is 5.10 Å². The van der Waals surface area contributed by atoms with Crippen molar-refractivity contribution in [2.24, 2.45) is 0 Å². The molecule has 0 atom stereocenters. The van der Waals surface area contributed by atoms with Crippen molar-refractivity contribution in [2.45, 2.75) is 44.9 Å². The van der Waals surface area contributed by atoms with Crippen molar-refractivity contribution in [1.82, 2.24) is 14.7 Å². The van der Waals surface area contributed by atoms with Crippen LogP contribution in [0.1, 0.15) is 59.8 Å². The minimum absolute atomic E-state index is 0.0942. The fraction of sp³-hybridized carbons (Fsp3) is 0.474. The summed E-state index contributed by atoms with van der Waals surface area (Å²) in [5.74, 6) is 0.179. The second kappa shape index (κ2) is 6.04. The van der Waals surface area contributed by atoms with Crippen LogP contribution in [0.3, 0.4) is 0 Å². The van der Waals surface area contributed by atoms with E-state index in [0.29, 0.717) is 11.6 Å². The summed E-state index contributed by atoms with van der Waals surface area (Å²) in [4.78, 5) is 15.0. The van der Waals surface area contributed by atoms with Crippen molar-refractivity contribution in [1.29, 1.82) is 0 Å². The van der Waals surface area contributed by atoms with Crippen LogP contribution in [0.4, 0.5) is 4.39 Å². The molecule has 1 amide bonds. The zero-order valence-electron chi connectivity index (χ0n) is 14.0. The van der Waals surface area contributed by atoms with Gasteiger partial charge in [-0.1, -0.05) is 6.07 Å². The van der Waals surface area contributed by atoms with Gasteiger partial charge in [-0.25, -0.2) is 9.07 Å². The molecule has 1 aliphatic heterocycles. The largest absolute Gasteiger partial charge is 0.339 e. The smallest absolute Gasteiger partial charge is 0.257 e. The first kappa shape index (κ1) is 15.4. The molecule has 0 unspecified atom stereocenters. The molecule has 5 heteroatoms. The molecule has 1 aromatic heterocycles. The minimum atomic E-state index is -0.292. The fourth-order valence-electron chi connectivity index (χ4n) is 3.55. The van der Waals surface area contributed by atoms with E-state index in [0.717, 1.165) is 55.7 Å². The molecule has 0 radical (unpaired) electrons. The number of hydrogen-bond donors (Lipinski definition) is 0. The predicted molar refractivity (Wildman–Crippen MR) is 90.0 cm³/mol. The second-order valence-corrected chi connectivity index (χ2v) is 6.86. The topological polar surface area (TPSA) is 38.1 Å². The third-order valence-corrected chi connectivity index (χ3v) is 5.02. The molecule has 0 bridgehead atoms. The van der Waals surface area contributed by atoms with Gasteiger partial charge in [0.25, 0.3) is 5.91 Å². The highest BCUT2D eigenvalue weighted by Gasteiger charge is 2.35. The highest BCUT2D eigenvalue weighted by Crippen LogP contribution is 2.42. The number of hydrogen-bond acceptors (Lipinski definition) is 2. The third kappa shape index (κ3) is 2.72. The molecular formula is C19H22FN3O. The summed E-state index contributed by atoms with van der Waals surface area (Å²) in [5, 5.41) is 4.70. The Morgan fingerprint density at radius 2 is 1.96 bits per heavy atom. The number of carbonyl (C=O) groups is 1. The summed E-state index contributed by atoms with van der Waals surface area (Å²) in [6, 6.07) is 6.39. The summed E-state index contributed by atoms with van der Waals surface area (Å²) in [6.07, 6.45) is 5.50. The quantitative estimate of drug-likeness (QED) is 0.859. The summed E-state index contributed by atoms with van der Waals surface area (Å²) in [5.41, 5.74) is 3.13. The van der Waals surface area contributed by atoms with Gasteiger partial charge in [0.1, 0.15) is 5.82 Å². The SMILES string of the molecule is Cc1c(C(=O)N2CCCCC2)c(C2CC2)nn1-c1cccc(F)c1. The lowest BCUT2D eigenvalue weighted by Crippen LogP contribution is -2.36. The normalized spacial score (nSPS) is 18.0. The van der Waals surface area contributed by atoms with E-state index in [9.17, 15) is 9.18 Å². The molecule has 4 rings (SSSR count). The van der Waals surface area contributed by atoms with Crippen molar-refractivity contribution >= 4 is 5.91 Å². The van der Waals surface area contributed by atoms with Gasteiger partial charge in [-0.2, -0.15) is 5.10 Å². The van der Waals surface area contributed by atoms with Gasteiger partial charge >= 0.3 is 0 Å². The van der Waals surface area contributed by atoms with Crippen LogP contribution in [0.5, 0.6) is 0 Å². The van der Waals surface area contributed by atoms with E-state index >= 15 is 0 Å². The number of nitrogens with zero attached hydrogens (tertiary/aromatic N) is 3. The zero-order valence-corrected chi connectivity index (χ0v) is 14.0. The Kier molecular flexibility index (Phi) is 3.87. The van der Waals surface area contributed by atoms with Crippen LogP contribution >= 0.6 is 0 Å². The molecule has 1 saturated carbocycles. The van der Waals surface area contributed by atoms with Crippen LogP contribution in [0.2, 0.25) is 0 Å². The molecule has 2 aliphatic rings. The summed E-state index contributed by atoms with van der Waals surface area (Å²) in [7, 11) is 0. The lowest BCUT2D eigenvalue weighted by molar-refractivity contribution is 0.0722. The second-order valence-electron chi connectivity index (χ2n) is 6.86. The maximum absolute atomic E-state index is 13.6. The molecule has 4 nitrogen and oxygen atoms in total. The van der Waals surface area contributed by atoms with Crippen LogP contribution in [-0.2, 0) is 0 Å². The number of likely N-dealkylation sites (tertiary alicyclic amines) is 1. The van der Waals surface area contributed by atoms with Crippen LogP contribution in [-0.4, -0.2) is 33.7 Å². The number of piperidine rings is 1. The number of aromatic nitrogens is 2. The van der Waals surface area contributed by atoms with Crippen LogP contribution in [0.25, 0.3) is 5.69 Å². The van der Waals surface area contributed by atoms with Crippen molar-refractivity contribution < 1.29 is 9.18 Å². The number of halogens is 1. The summed E-state index contributed by atoms with van der Waals surface area (Å²) in [6.45, 7) is 3.57. The van der Waals surface area contributed by atoms with E-state index in [2.05, 4.69) is 0 Å². The zero-order chi connectivity index (χ0) is 16.7. The van der Waals surface area contributed by atoms with Crippen molar-refractivity contribution in [3.63, 3.8) is 0 Å². The Bertz CT molecular complexity index is 773. The standard InChI is InChI=1S/C19H22FN3O/c1-13-17(19(24)22-10-3-2-4-11-22)18(14-8-9-14)21-23(13)16-7-5-6-15(20)12-16/h5-7,12,14H,2-4,8-11H2,1H3. The average molecular weight is 327 g/mol. The Hall–Kier alpha value is -2.17. The van der Waals surface area contributed by atoms with E-state index in [1.165, 1.54) is 18.6 Å². The molecule has 126 valence electrons. The maximum atomic E-state index is 13.6. The van der Waals surface area contributed by atoms with Gasteiger partial charge in [-0.15, -0.1) is 0 Å². The van der Waals surface area contributed by atoms with Gasteiger partial charge < -0.3 is 4.90 Å². The van der Waals surface area contributed by atoms with Crippen LogP contribution in [0.15, 0.2) is 24.3 Å². The molecule has 0 spiro atoms. The molecule has 1 aliphatic carbocycles. The van der Waals surface area contributed by atoms with E-state index in [1.54, 1.807) is 10.7 Å². The third-order valence-electron chi connectivity index (χ3n) is 5.02. The first-order chi connectivity index (χ1) is 11.6. The van der Waals surface area contributed by atoms with Gasteiger partial charge in [-0.05, 0) is 57.2 Å². The molecule has 2 heterocycles. The lowest BCUT2D eigenvalue weighted by atomic mass is 10.1. The molecule has 0 N–H and O–H groups in total. The van der Waals surface area contributed by atoms with Gasteiger partial charge in [0.05, 0.1) is 22.6 Å². The lowest BCUT2D eigenvalue weighted by Gasteiger charge is -2.27. The molecule has 1 saturated heterocycles. The van der Waals surface area contributed by atoms with E-state index in [-0.39, 0.29) is 11.7 Å². The Balaban J connectivity index is 1.76. The number of carbonyl (C=O) groups excluding carboxylic acids is 1. The monoisotopic (exact) mass is 327 g/mol. The van der Waals surface area contributed by atoms with Gasteiger partial charge in [0, 0.05) is 19.0 Å². The van der Waals surface area contributed by atoms with Crippen LogP contribution in [0, 0.1) is 12.7 Å². The summed E-state index contributed by atoms with van der Waals surface area (Å²) < 4.78 is 15.3. The summed E-state index contributed by atoms with van der Waals surface area (Å²) >= 11 is 0. The first-order valence-electron chi connectivity index (χ1n) is 8.80. The van der Waals surface area contributed by atoms with E-state index < -0.39 is 0 Å². The molecule has 24 heavy (non-hydrogen) atoms. The molecule has 2 fully saturated rings. The highest BCUT2D eigenvalue weighted by molar-refractivity contribution is 5.97. The van der Waals surface area contributed by atoms with Crippen molar-refractivity contribution in [2.75, 3.05) is 13.1 Å². The number of amides is 1. The Morgan fingerprint density at radius 3 is 2.62 bits per heavy atom.